The van der Waals surface area contributed by atoms with Gasteiger partial charge in [0.05, 0.1) is 0 Å². The fraction of sp³-hybridized carbons (Fsp3) is 0.600. The summed E-state index contributed by atoms with van der Waals surface area (Å²) in [6, 6.07) is 0. The number of hydrogen-bond acceptors (Lipinski definition) is 1. The second-order valence-electron chi connectivity index (χ2n) is 6.78. The minimum Gasteiger partial charge on any atom is -0.141 e. The van der Waals surface area contributed by atoms with E-state index in [4.69, 9.17) is 0 Å². The molecule has 0 fully saturated rings. The van der Waals surface area contributed by atoms with Gasteiger partial charge in [0.25, 0.3) is 0 Å². The van der Waals surface area contributed by atoms with Crippen molar-refractivity contribution in [2.24, 2.45) is 0 Å². The smallest absolute Gasteiger partial charge is 0.0319 e. The molecule has 2 unspecified atom stereocenters. The van der Waals surface area contributed by atoms with Crippen LogP contribution in [0, 0.1) is 0 Å². The second kappa shape index (κ2) is 9.35. The maximum Gasteiger partial charge on any atom is 0.0319 e. The van der Waals surface area contributed by atoms with Crippen LogP contribution in [-0.2, 0) is 0 Å². The molecule has 0 radical (unpaired) electrons. The standard InChI is InChI=1S/C20H34S/c1-9-19(7,15-11-13-17(3)4)21-20(8,10-2)16-12-14-18(5)6/h9-10,13-14H,1-2,11-12,15-16H2,3-8H3. The van der Waals surface area contributed by atoms with Crippen LogP contribution in [0.15, 0.2) is 48.6 Å². The number of allylic oxidation sites excluding steroid dienone is 4. The molecule has 0 saturated heterocycles. The summed E-state index contributed by atoms with van der Waals surface area (Å²) in [7, 11) is 0. The number of rotatable bonds is 10. The Morgan fingerprint density at radius 3 is 1.38 bits per heavy atom. The average molecular weight is 307 g/mol. The molecule has 0 heterocycles. The van der Waals surface area contributed by atoms with E-state index in [1.54, 1.807) is 0 Å². The van der Waals surface area contributed by atoms with Crippen LogP contribution in [0.2, 0.25) is 0 Å². The molecular formula is C20H34S. The van der Waals surface area contributed by atoms with Crippen molar-refractivity contribution in [3.05, 3.63) is 48.6 Å². The van der Waals surface area contributed by atoms with Gasteiger partial charge in [-0.2, -0.15) is 0 Å². The highest BCUT2D eigenvalue weighted by Crippen LogP contribution is 2.44. The summed E-state index contributed by atoms with van der Waals surface area (Å²) in [6.45, 7) is 21.4. The van der Waals surface area contributed by atoms with Gasteiger partial charge in [-0.3, -0.25) is 0 Å². The summed E-state index contributed by atoms with van der Waals surface area (Å²) in [5.74, 6) is 0. The molecule has 0 aliphatic heterocycles. The van der Waals surface area contributed by atoms with Crippen molar-refractivity contribution in [2.75, 3.05) is 0 Å². The Morgan fingerprint density at radius 2 is 1.14 bits per heavy atom. The van der Waals surface area contributed by atoms with E-state index in [1.165, 1.54) is 11.1 Å². The monoisotopic (exact) mass is 306 g/mol. The zero-order valence-corrected chi connectivity index (χ0v) is 15.8. The van der Waals surface area contributed by atoms with Gasteiger partial charge in [-0.1, -0.05) is 35.5 Å². The van der Waals surface area contributed by atoms with Gasteiger partial charge in [0, 0.05) is 9.49 Å². The van der Waals surface area contributed by atoms with Gasteiger partial charge >= 0.3 is 0 Å². The molecule has 0 N–H and O–H groups in total. The van der Waals surface area contributed by atoms with E-state index < -0.39 is 0 Å². The quantitative estimate of drug-likeness (QED) is 0.388. The molecule has 0 aromatic heterocycles. The van der Waals surface area contributed by atoms with Crippen molar-refractivity contribution in [3.63, 3.8) is 0 Å². The van der Waals surface area contributed by atoms with Crippen LogP contribution < -0.4 is 0 Å². The average Bonchev–Trinajstić information content (AvgIpc) is 2.37. The molecule has 0 aliphatic carbocycles. The zero-order chi connectivity index (χ0) is 16.5. The van der Waals surface area contributed by atoms with Crippen LogP contribution in [0.25, 0.3) is 0 Å². The molecule has 0 bridgehead atoms. The highest BCUT2D eigenvalue weighted by atomic mass is 32.2. The minimum absolute atomic E-state index is 0.0971. The van der Waals surface area contributed by atoms with Crippen molar-refractivity contribution in [1.29, 1.82) is 0 Å². The zero-order valence-electron chi connectivity index (χ0n) is 15.0. The Hall–Kier alpha value is -0.690. The van der Waals surface area contributed by atoms with Crippen molar-refractivity contribution in [3.8, 4) is 0 Å². The second-order valence-corrected chi connectivity index (χ2v) is 8.85. The van der Waals surface area contributed by atoms with E-state index in [0.29, 0.717) is 0 Å². The third kappa shape index (κ3) is 9.03. The van der Waals surface area contributed by atoms with Crippen LogP contribution in [0.1, 0.15) is 67.2 Å². The Morgan fingerprint density at radius 1 is 0.810 bits per heavy atom. The highest BCUT2D eigenvalue weighted by Gasteiger charge is 2.31. The van der Waals surface area contributed by atoms with E-state index in [9.17, 15) is 0 Å². The van der Waals surface area contributed by atoms with E-state index in [2.05, 4.69) is 79.0 Å². The molecule has 21 heavy (non-hydrogen) atoms. The third-order valence-electron chi connectivity index (χ3n) is 3.72. The summed E-state index contributed by atoms with van der Waals surface area (Å²) in [5.41, 5.74) is 2.78. The van der Waals surface area contributed by atoms with Crippen LogP contribution >= 0.6 is 11.8 Å². The van der Waals surface area contributed by atoms with Crippen molar-refractivity contribution >= 4 is 11.8 Å². The molecule has 0 amide bonds. The van der Waals surface area contributed by atoms with Gasteiger partial charge < -0.3 is 0 Å². The predicted octanol–water partition coefficient (Wildman–Crippen LogP) is 7.10. The van der Waals surface area contributed by atoms with Gasteiger partial charge in [-0.25, -0.2) is 0 Å². The topological polar surface area (TPSA) is 0 Å². The van der Waals surface area contributed by atoms with Crippen LogP contribution in [0.4, 0.5) is 0 Å². The molecule has 120 valence electrons. The third-order valence-corrected chi connectivity index (χ3v) is 5.39. The molecule has 2 atom stereocenters. The summed E-state index contributed by atoms with van der Waals surface area (Å²) in [4.78, 5) is 0. The fourth-order valence-electron chi connectivity index (χ4n) is 2.22. The molecule has 0 saturated carbocycles. The van der Waals surface area contributed by atoms with Gasteiger partial charge in [0.15, 0.2) is 0 Å². The lowest BCUT2D eigenvalue weighted by atomic mass is 10.0. The van der Waals surface area contributed by atoms with Crippen LogP contribution in [-0.4, -0.2) is 9.49 Å². The van der Waals surface area contributed by atoms with E-state index in [0.717, 1.165) is 25.7 Å². The number of hydrogen-bond donors (Lipinski definition) is 0. The first kappa shape index (κ1) is 20.3. The minimum atomic E-state index is 0.0971. The normalized spacial score (nSPS) is 16.3. The van der Waals surface area contributed by atoms with E-state index >= 15 is 0 Å². The lowest BCUT2D eigenvalue weighted by molar-refractivity contribution is 0.662. The predicted molar refractivity (Wildman–Crippen MR) is 102 cm³/mol. The molecule has 0 aliphatic rings. The summed E-state index contributed by atoms with van der Waals surface area (Å²) in [6.07, 6.45) is 13.3. The molecule has 0 aromatic rings. The number of thioether (sulfide) groups is 1. The van der Waals surface area contributed by atoms with E-state index in [1.807, 2.05) is 11.8 Å². The maximum atomic E-state index is 4.07. The summed E-state index contributed by atoms with van der Waals surface area (Å²) < 4.78 is 0.194. The summed E-state index contributed by atoms with van der Waals surface area (Å²) >= 11 is 2.00. The van der Waals surface area contributed by atoms with Crippen molar-refractivity contribution < 1.29 is 0 Å². The molecule has 0 aromatic carbocycles. The first-order chi connectivity index (χ1) is 9.66. The molecule has 0 rings (SSSR count). The molecule has 0 nitrogen and oxygen atoms in total. The van der Waals surface area contributed by atoms with Gasteiger partial charge in [-0.15, -0.1) is 24.9 Å². The Balaban J connectivity index is 4.78. The Bertz CT molecular complexity index is 356. The van der Waals surface area contributed by atoms with Crippen molar-refractivity contribution in [1.82, 2.24) is 0 Å². The SMILES string of the molecule is C=CC(C)(CCC=C(C)C)SC(C)(C=C)CCC=C(C)C. The van der Waals surface area contributed by atoms with Crippen LogP contribution in [0.3, 0.4) is 0 Å². The highest BCUT2D eigenvalue weighted by molar-refractivity contribution is 8.02. The van der Waals surface area contributed by atoms with Gasteiger partial charge in [-0.05, 0) is 67.2 Å². The van der Waals surface area contributed by atoms with Crippen molar-refractivity contribution in [2.45, 2.75) is 76.7 Å². The summed E-state index contributed by atoms with van der Waals surface area (Å²) in [5, 5.41) is 0. The van der Waals surface area contributed by atoms with Crippen LogP contribution in [0.5, 0.6) is 0 Å². The Labute approximate surface area is 137 Å². The van der Waals surface area contributed by atoms with Gasteiger partial charge in [0.1, 0.15) is 0 Å². The molecule has 0 spiro atoms. The van der Waals surface area contributed by atoms with E-state index in [-0.39, 0.29) is 9.49 Å². The van der Waals surface area contributed by atoms with Gasteiger partial charge in [0.2, 0.25) is 0 Å². The Kier molecular flexibility index (Phi) is 9.04. The first-order valence-corrected chi connectivity index (χ1v) is 8.72. The molecule has 1 heteroatoms. The largest absolute Gasteiger partial charge is 0.141 e. The molecular weight excluding hydrogens is 272 g/mol. The lowest BCUT2D eigenvalue weighted by Crippen LogP contribution is -2.27. The fourth-order valence-corrected chi connectivity index (χ4v) is 3.89. The maximum absolute atomic E-state index is 4.07. The first-order valence-electron chi connectivity index (χ1n) is 7.90. The lowest BCUT2D eigenvalue weighted by Gasteiger charge is -2.35.